The smallest absolute Gasteiger partial charge is 0.326 e. The number of carbonyl (C=O) groups excluding carboxylic acids is 1. The molecule has 0 aliphatic carbocycles. The molecular formula is C11H22N2O5S. The highest BCUT2D eigenvalue weighted by Gasteiger charge is 2.26. The molecule has 0 rings (SSSR count). The van der Waals surface area contributed by atoms with Crippen molar-refractivity contribution in [2.45, 2.75) is 32.7 Å². The lowest BCUT2D eigenvalue weighted by Crippen LogP contribution is -2.45. The molecule has 0 unspecified atom stereocenters. The van der Waals surface area contributed by atoms with Crippen LogP contribution in [0.5, 0.6) is 0 Å². The Kier molecular flexibility index (Phi) is 6.99. The minimum Gasteiger partial charge on any atom is -0.480 e. The number of hydrogen-bond donors (Lipinski definition) is 2. The number of sulfonamides is 1. The molecule has 1 amide bonds. The van der Waals surface area contributed by atoms with Crippen LogP contribution in [0.4, 0.5) is 0 Å². The normalized spacial score (nSPS) is 15.0. The first-order valence-electron chi connectivity index (χ1n) is 6.04. The molecule has 7 nitrogen and oxygen atoms in total. The highest BCUT2D eigenvalue weighted by molar-refractivity contribution is 7.89. The zero-order valence-electron chi connectivity index (χ0n) is 11.7. The van der Waals surface area contributed by atoms with Gasteiger partial charge in [-0.05, 0) is 5.92 Å². The van der Waals surface area contributed by atoms with Crippen molar-refractivity contribution in [1.29, 1.82) is 0 Å². The fourth-order valence-corrected chi connectivity index (χ4v) is 2.14. The van der Waals surface area contributed by atoms with E-state index in [-0.39, 0.29) is 18.1 Å². The van der Waals surface area contributed by atoms with Gasteiger partial charge in [0, 0.05) is 20.5 Å². The third kappa shape index (κ3) is 6.02. The number of nitrogens with one attached hydrogen (secondary N) is 1. The molecule has 112 valence electrons. The van der Waals surface area contributed by atoms with Gasteiger partial charge in [0.25, 0.3) is 0 Å². The number of carbonyl (C=O) groups is 2. The van der Waals surface area contributed by atoms with Gasteiger partial charge < -0.3 is 10.4 Å². The van der Waals surface area contributed by atoms with Crippen molar-refractivity contribution >= 4 is 21.9 Å². The third-order valence-corrected chi connectivity index (χ3v) is 4.77. The summed E-state index contributed by atoms with van der Waals surface area (Å²) in [5.41, 5.74) is 0. The summed E-state index contributed by atoms with van der Waals surface area (Å²) in [7, 11) is -0.687. The van der Waals surface area contributed by atoms with Crippen LogP contribution in [0.15, 0.2) is 0 Å². The minimum atomic E-state index is -3.45. The number of carboxylic acids is 1. The summed E-state index contributed by atoms with van der Waals surface area (Å²) in [5.74, 6) is -2.23. The maximum atomic E-state index is 11.6. The van der Waals surface area contributed by atoms with Gasteiger partial charge in [0.1, 0.15) is 6.04 Å². The Hall–Kier alpha value is -1.15. The maximum Gasteiger partial charge on any atom is 0.326 e. The van der Waals surface area contributed by atoms with Gasteiger partial charge in [-0.2, -0.15) is 0 Å². The van der Waals surface area contributed by atoms with E-state index in [1.807, 2.05) is 6.92 Å². The van der Waals surface area contributed by atoms with Crippen molar-refractivity contribution in [3.05, 3.63) is 0 Å². The second-order valence-electron chi connectivity index (χ2n) is 4.62. The summed E-state index contributed by atoms with van der Waals surface area (Å²) in [6.45, 7) is 3.54. The van der Waals surface area contributed by atoms with E-state index in [0.717, 1.165) is 4.31 Å². The average Bonchev–Trinajstić information content (AvgIpc) is 2.32. The predicted molar refractivity (Wildman–Crippen MR) is 71.1 cm³/mol. The number of aliphatic carboxylic acids is 1. The molecule has 0 aliphatic heterocycles. The van der Waals surface area contributed by atoms with Gasteiger partial charge in [-0.3, -0.25) is 4.79 Å². The van der Waals surface area contributed by atoms with Gasteiger partial charge >= 0.3 is 5.97 Å². The van der Waals surface area contributed by atoms with E-state index in [9.17, 15) is 18.0 Å². The number of amides is 1. The van der Waals surface area contributed by atoms with E-state index in [1.165, 1.54) is 14.1 Å². The van der Waals surface area contributed by atoms with Gasteiger partial charge in [-0.1, -0.05) is 20.3 Å². The second-order valence-corrected chi connectivity index (χ2v) is 6.92. The van der Waals surface area contributed by atoms with E-state index >= 15 is 0 Å². The standard InChI is InChI=1S/C11H22N2O5S/c1-5-8(2)10(11(15)16)12-9(14)6-7-19(17,18)13(3)4/h8,10H,5-7H2,1-4H3,(H,12,14)(H,15,16)/t8-,10-/m0/s1. The zero-order valence-corrected chi connectivity index (χ0v) is 12.5. The van der Waals surface area contributed by atoms with E-state index < -0.39 is 27.9 Å². The SMILES string of the molecule is CC[C@H](C)[C@H](NC(=O)CCS(=O)(=O)N(C)C)C(=O)O. The van der Waals surface area contributed by atoms with Crippen LogP contribution in [0, 0.1) is 5.92 Å². The van der Waals surface area contributed by atoms with E-state index in [1.54, 1.807) is 6.92 Å². The van der Waals surface area contributed by atoms with E-state index in [0.29, 0.717) is 6.42 Å². The lowest BCUT2D eigenvalue weighted by molar-refractivity contribution is -0.143. The summed E-state index contributed by atoms with van der Waals surface area (Å²) in [6, 6.07) is -0.987. The molecule has 0 fully saturated rings. The van der Waals surface area contributed by atoms with Crippen molar-refractivity contribution < 1.29 is 23.1 Å². The van der Waals surface area contributed by atoms with Crippen molar-refractivity contribution in [1.82, 2.24) is 9.62 Å². The van der Waals surface area contributed by atoms with E-state index in [4.69, 9.17) is 5.11 Å². The Labute approximate surface area is 114 Å². The van der Waals surface area contributed by atoms with Crippen molar-refractivity contribution in [2.75, 3.05) is 19.8 Å². The number of nitrogens with zero attached hydrogens (tertiary/aromatic N) is 1. The Morgan fingerprint density at radius 2 is 1.84 bits per heavy atom. The molecule has 0 aromatic heterocycles. The first kappa shape index (κ1) is 17.8. The molecular weight excluding hydrogens is 272 g/mol. The number of rotatable bonds is 8. The Morgan fingerprint density at radius 1 is 1.32 bits per heavy atom. The first-order valence-corrected chi connectivity index (χ1v) is 7.65. The quantitative estimate of drug-likeness (QED) is 0.649. The number of hydrogen-bond acceptors (Lipinski definition) is 4. The van der Waals surface area contributed by atoms with Gasteiger partial charge in [0.2, 0.25) is 15.9 Å². The molecule has 2 N–H and O–H groups in total. The topological polar surface area (TPSA) is 104 Å². The summed E-state index contributed by atoms with van der Waals surface area (Å²) in [4.78, 5) is 22.6. The molecule has 0 radical (unpaired) electrons. The summed E-state index contributed by atoms with van der Waals surface area (Å²) in [6.07, 6.45) is 0.355. The van der Waals surface area contributed by atoms with Crippen LogP contribution in [0.2, 0.25) is 0 Å². The van der Waals surface area contributed by atoms with Gasteiger partial charge in [-0.15, -0.1) is 0 Å². The predicted octanol–water partition coefficient (Wildman–Crippen LogP) is -0.117. The van der Waals surface area contributed by atoms with Gasteiger partial charge in [0.15, 0.2) is 0 Å². The average molecular weight is 294 g/mol. The Morgan fingerprint density at radius 3 is 2.21 bits per heavy atom. The maximum absolute atomic E-state index is 11.6. The van der Waals surface area contributed by atoms with Gasteiger partial charge in [-0.25, -0.2) is 17.5 Å². The molecule has 0 bridgehead atoms. The highest BCUT2D eigenvalue weighted by atomic mass is 32.2. The molecule has 2 atom stereocenters. The van der Waals surface area contributed by atoms with Gasteiger partial charge in [0.05, 0.1) is 5.75 Å². The fourth-order valence-electron chi connectivity index (χ4n) is 1.33. The molecule has 0 heterocycles. The lowest BCUT2D eigenvalue weighted by Gasteiger charge is -2.20. The van der Waals surface area contributed by atoms with Crippen LogP contribution >= 0.6 is 0 Å². The molecule has 0 aromatic carbocycles. The van der Waals surface area contributed by atoms with Crippen LogP contribution in [0.1, 0.15) is 26.7 Å². The van der Waals surface area contributed by atoms with Crippen molar-refractivity contribution in [3.63, 3.8) is 0 Å². The largest absolute Gasteiger partial charge is 0.480 e. The first-order chi connectivity index (χ1) is 8.61. The molecule has 0 aliphatic rings. The zero-order chi connectivity index (χ0) is 15.2. The number of carboxylic acid groups (broad SMARTS) is 1. The third-order valence-electron chi connectivity index (χ3n) is 2.94. The Balaban J connectivity index is 4.49. The highest BCUT2D eigenvalue weighted by Crippen LogP contribution is 2.08. The van der Waals surface area contributed by atoms with Crippen molar-refractivity contribution in [3.8, 4) is 0 Å². The van der Waals surface area contributed by atoms with Crippen LogP contribution in [-0.4, -0.2) is 55.6 Å². The summed E-state index contributed by atoms with van der Waals surface area (Å²) < 4.78 is 24.0. The van der Waals surface area contributed by atoms with Crippen LogP contribution in [-0.2, 0) is 19.6 Å². The minimum absolute atomic E-state index is 0.216. The lowest BCUT2D eigenvalue weighted by atomic mass is 9.99. The van der Waals surface area contributed by atoms with Crippen LogP contribution < -0.4 is 5.32 Å². The van der Waals surface area contributed by atoms with E-state index in [2.05, 4.69) is 5.32 Å². The molecule has 19 heavy (non-hydrogen) atoms. The van der Waals surface area contributed by atoms with Crippen LogP contribution in [0.25, 0.3) is 0 Å². The summed E-state index contributed by atoms with van der Waals surface area (Å²) >= 11 is 0. The second kappa shape index (κ2) is 7.44. The van der Waals surface area contributed by atoms with Crippen LogP contribution in [0.3, 0.4) is 0 Å². The fraction of sp³-hybridized carbons (Fsp3) is 0.818. The monoisotopic (exact) mass is 294 g/mol. The molecule has 8 heteroatoms. The molecule has 0 saturated heterocycles. The van der Waals surface area contributed by atoms with Crippen molar-refractivity contribution in [2.24, 2.45) is 5.92 Å². The molecule has 0 spiro atoms. The summed E-state index contributed by atoms with van der Waals surface area (Å²) in [5, 5.41) is 11.4. The molecule has 0 saturated carbocycles. The Bertz CT molecular complexity index is 419. The molecule has 0 aromatic rings.